The van der Waals surface area contributed by atoms with Crippen molar-refractivity contribution >= 4 is 39.7 Å². The Morgan fingerprint density at radius 2 is 1.77 bits per heavy atom. The Morgan fingerprint density at radius 1 is 1.03 bits per heavy atom. The maximum Gasteiger partial charge on any atom is 0.251 e. The van der Waals surface area contributed by atoms with Crippen LogP contribution in [0.25, 0.3) is 10.8 Å². The van der Waals surface area contributed by atoms with Crippen molar-refractivity contribution in [3.8, 4) is 0 Å². The lowest BCUT2D eigenvalue weighted by Crippen LogP contribution is -2.32. The summed E-state index contributed by atoms with van der Waals surface area (Å²) in [5, 5.41) is 3.44. The number of amides is 1. The summed E-state index contributed by atoms with van der Waals surface area (Å²) in [4.78, 5) is 18.3. The van der Waals surface area contributed by atoms with Crippen LogP contribution in [0.15, 0.2) is 53.5 Å². The van der Waals surface area contributed by atoms with E-state index in [0.29, 0.717) is 5.02 Å². The van der Waals surface area contributed by atoms with Crippen LogP contribution in [0.3, 0.4) is 0 Å². The SMILES string of the molecule is CCCC1=NC(C)C(=O)N(C)c2ccc(Cl)cc21.Cc1cc(C)c2c(C)cccc2c1. The van der Waals surface area contributed by atoms with E-state index in [1.165, 1.54) is 27.5 Å². The van der Waals surface area contributed by atoms with E-state index in [1.54, 1.807) is 11.9 Å². The number of carbonyl (C=O) groups excluding carboxylic acids is 1. The fourth-order valence-corrected chi connectivity index (χ4v) is 4.45. The Balaban J connectivity index is 0.000000185. The zero-order valence-corrected chi connectivity index (χ0v) is 20.0. The van der Waals surface area contributed by atoms with Gasteiger partial charge in [0.05, 0.1) is 5.69 Å². The van der Waals surface area contributed by atoms with E-state index in [0.717, 1.165) is 29.8 Å². The number of carbonyl (C=O) groups is 1. The molecular formula is C27H31ClN2O. The molecule has 0 saturated carbocycles. The molecule has 3 aromatic carbocycles. The second-order valence-electron chi connectivity index (χ2n) is 8.32. The van der Waals surface area contributed by atoms with Crippen molar-refractivity contribution in [2.75, 3.05) is 11.9 Å². The molecule has 1 atom stereocenters. The van der Waals surface area contributed by atoms with Crippen molar-refractivity contribution < 1.29 is 4.79 Å². The first kappa shape index (κ1) is 23.0. The third-order valence-corrected chi connectivity index (χ3v) is 5.92. The number of hydrogen-bond acceptors (Lipinski definition) is 2. The Morgan fingerprint density at radius 3 is 2.48 bits per heavy atom. The lowest BCUT2D eigenvalue weighted by Gasteiger charge is -2.19. The molecule has 0 fully saturated rings. The molecule has 1 aliphatic heterocycles. The van der Waals surface area contributed by atoms with Gasteiger partial charge >= 0.3 is 0 Å². The van der Waals surface area contributed by atoms with Gasteiger partial charge in [-0.15, -0.1) is 0 Å². The average Bonchev–Trinajstić information content (AvgIpc) is 2.79. The van der Waals surface area contributed by atoms with Gasteiger partial charge in [-0.2, -0.15) is 0 Å². The minimum Gasteiger partial charge on any atom is -0.313 e. The quantitative estimate of drug-likeness (QED) is 0.425. The number of likely N-dealkylation sites (N-methyl/N-ethyl adjacent to an activating group) is 1. The molecule has 0 bridgehead atoms. The molecule has 0 aliphatic carbocycles. The van der Waals surface area contributed by atoms with Crippen LogP contribution in [-0.2, 0) is 4.79 Å². The third kappa shape index (κ3) is 4.99. The van der Waals surface area contributed by atoms with E-state index in [-0.39, 0.29) is 11.9 Å². The summed E-state index contributed by atoms with van der Waals surface area (Å²) in [6.45, 7) is 10.4. The summed E-state index contributed by atoms with van der Waals surface area (Å²) >= 11 is 6.06. The molecule has 3 aromatic rings. The Kier molecular flexibility index (Phi) is 7.17. The number of aliphatic imine (C=N–C) groups is 1. The smallest absolute Gasteiger partial charge is 0.251 e. The van der Waals surface area contributed by atoms with E-state index in [9.17, 15) is 4.79 Å². The first-order chi connectivity index (χ1) is 14.7. The number of anilines is 1. The van der Waals surface area contributed by atoms with Gasteiger partial charge < -0.3 is 4.90 Å². The zero-order chi connectivity index (χ0) is 22.7. The highest BCUT2D eigenvalue weighted by molar-refractivity contribution is 6.31. The maximum atomic E-state index is 12.1. The third-order valence-electron chi connectivity index (χ3n) is 5.68. The fourth-order valence-electron chi connectivity index (χ4n) is 4.28. The van der Waals surface area contributed by atoms with Crippen molar-refractivity contribution in [3.05, 3.63) is 75.8 Å². The van der Waals surface area contributed by atoms with Gasteiger partial charge in [0.2, 0.25) is 0 Å². The van der Waals surface area contributed by atoms with Gasteiger partial charge in [0.25, 0.3) is 5.91 Å². The second kappa shape index (κ2) is 9.65. The molecule has 0 radical (unpaired) electrons. The van der Waals surface area contributed by atoms with Crippen LogP contribution >= 0.6 is 11.6 Å². The van der Waals surface area contributed by atoms with Crippen molar-refractivity contribution in [3.63, 3.8) is 0 Å². The van der Waals surface area contributed by atoms with Crippen LogP contribution in [0.2, 0.25) is 5.02 Å². The molecule has 0 N–H and O–H groups in total. The molecule has 1 amide bonds. The fraction of sp³-hybridized carbons (Fsp3) is 0.333. The van der Waals surface area contributed by atoms with Gasteiger partial charge in [0.15, 0.2) is 0 Å². The van der Waals surface area contributed by atoms with E-state index in [1.807, 2.05) is 25.1 Å². The number of fused-ring (bicyclic) bond motifs is 2. The molecule has 0 spiro atoms. The number of benzene rings is 3. The number of benzodiazepines with no additional fused rings is 1. The van der Waals surface area contributed by atoms with Crippen LogP contribution in [-0.4, -0.2) is 24.7 Å². The Labute approximate surface area is 190 Å². The summed E-state index contributed by atoms with van der Waals surface area (Å²) < 4.78 is 0. The highest BCUT2D eigenvalue weighted by Crippen LogP contribution is 2.29. The van der Waals surface area contributed by atoms with Crippen LogP contribution in [0.5, 0.6) is 0 Å². The number of rotatable bonds is 2. The van der Waals surface area contributed by atoms with Crippen molar-refractivity contribution in [1.82, 2.24) is 0 Å². The van der Waals surface area contributed by atoms with Crippen LogP contribution in [0, 0.1) is 20.8 Å². The molecule has 0 saturated heterocycles. The van der Waals surface area contributed by atoms with Gasteiger partial charge in [0.1, 0.15) is 6.04 Å². The van der Waals surface area contributed by atoms with Crippen molar-refractivity contribution in [1.29, 1.82) is 0 Å². The summed E-state index contributed by atoms with van der Waals surface area (Å²) in [5.41, 5.74) is 6.93. The molecule has 1 heterocycles. The molecule has 31 heavy (non-hydrogen) atoms. The van der Waals surface area contributed by atoms with E-state index in [4.69, 9.17) is 11.6 Å². The summed E-state index contributed by atoms with van der Waals surface area (Å²) in [7, 11) is 1.79. The normalized spacial score (nSPS) is 15.7. The van der Waals surface area contributed by atoms with Crippen LogP contribution in [0.4, 0.5) is 5.69 Å². The monoisotopic (exact) mass is 434 g/mol. The topological polar surface area (TPSA) is 32.7 Å². The number of nitrogens with zero attached hydrogens (tertiary/aromatic N) is 2. The second-order valence-corrected chi connectivity index (χ2v) is 8.75. The minimum absolute atomic E-state index is 0.0182. The molecule has 1 aliphatic rings. The predicted octanol–water partition coefficient (Wildman–Crippen LogP) is 7.06. The van der Waals surface area contributed by atoms with Crippen LogP contribution < -0.4 is 4.90 Å². The standard InChI is InChI=1S/C14H17ClN2O.C13H14/c1-4-5-12-11-8-10(15)6-7-13(11)17(3)14(18)9(2)16-12;1-9-7-11(3)13-10(2)5-4-6-12(13)8-9/h6-9H,4-5H2,1-3H3;4-8H,1-3H3. The van der Waals surface area contributed by atoms with Gasteiger partial charge in [-0.1, -0.05) is 60.8 Å². The van der Waals surface area contributed by atoms with Crippen LogP contribution in [0.1, 0.15) is 48.9 Å². The molecule has 4 heteroatoms. The summed E-state index contributed by atoms with van der Waals surface area (Å²) in [6, 6.07) is 16.2. The Hall–Kier alpha value is -2.65. The lowest BCUT2D eigenvalue weighted by molar-refractivity contribution is -0.119. The Bertz CT molecular complexity index is 1150. The summed E-state index contributed by atoms with van der Waals surface area (Å²) in [5.74, 6) is 0.0182. The lowest BCUT2D eigenvalue weighted by atomic mass is 9.99. The molecule has 162 valence electrons. The maximum absolute atomic E-state index is 12.1. The van der Waals surface area contributed by atoms with Gasteiger partial charge in [0, 0.05) is 23.3 Å². The average molecular weight is 435 g/mol. The summed E-state index contributed by atoms with van der Waals surface area (Å²) in [6.07, 6.45) is 1.86. The van der Waals surface area contributed by atoms with E-state index >= 15 is 0 Å². The first-order valence-electron chi connectivity index (χ1n) is 10.8. The molecule has 4 rings (SSSR count). The molecule has 1 unspecified atom stereocenters. The van der Waals surface area contributed by atoms with Gasteiger partial charge in [-0.3, -0.25) is 9.79 Å². The molecular weight excluding hydrogens is 404 g/mol. The number of halogens is 1. The van der Waals surface area contributed by atoms with Crippen molar-refractivity contribution in [2.45, 2.75) is 53.5 Å². The van der Waals surface area contributed by atoms with Gasteiger partial charge in [-0.25, -0.2) is 0 Å². The van der Waals surface area contributed by atoms with Gasteiger partial charge in [-0.05, 0) is 74.2 Å². The highest BCUT2D eigenvalue weighted by atomic mass is 35.5. The number of aryl methyl sites for hydroxylation is 3. The van der Waals surface area contributed by atoms with Crippen molar-refractivity contribution in [2.24, 2.45) is 4.99 Å². The molecule has 0 aromatic heterocycles. The number of hydrogen-bond donors (Lipinski definition) is 0. The zero-order valence-electron chi connectivity index (χ0n) is 19.3. The van der Waals surface area contributed by atoms with E-state index in [2.05, 4.69) is 63.0 Å². The predicted molar refractivity (Wildman–Crippen MR) is 134 cm³/mol. The molecule has 3 nitrogen and oxygen atoms in total. The van der Waals surface area contributed by atoms with E-state index < -0.39 is 0 Å². The first-order valence-corrected chi connectivity index (χ1v) is 11.2. The minimum atomic E-state index is -0.331. The largest absolute Gasteiger partial charge is 0.313 e. The highest BCUT2D eigenvalue weighted by Gasteiger charge is 2.26.